The van der Waals surface area contributed by atoms with Gasteiger partial charge in [-0.15, -0.1) is 0 Å². The summed E-state index contributed by atoms with van der Waals surface area (Å²) in [7, 11) is 1.98. The lowest BCUT2D eigenvalue weighted by Crippen LogP contribution is -2.49. The number of rotatable bonds is 2. The maximum atomic E-state index is 13.7. The molecule has 0 unspecified atom stereocenters. The normalized spacial score (nSPS) is 16.1. The van der Waals surface area contributed by atoms with E-state index in [0.29, 0.717) is 18.7 Å². The van der Waals surface area contributed by atoms with E-state index in [9.17, 15) is 4.79 Å². The molecule has 1 fully saturated rings. The first kappa shape index (κ1) is 20.7. The van der Waals surface area contributed by atoms with E-state index in [-0.39, 0.29) is 5.91 Å². The van der Waals surface area contributed by atoms with Gasteiger partial charge >= 0.3 is 0 Å². The minimum Gasteiger partial charge on any atom is -0.482 e. The molecule has 0 bridgehead atoms. The van der Waals surface area contributed by atoms with Crippen LogP contribution in [0.4, 0.5) is 0 Å². The van der Waals surface area contributed by atoms with Crippen molar-refractivity contribution >= 4 is 5.91 Å². The minimum atomic E-state index is -0.466. The van der Waals surface area contributed by atoms with Gasteiger partial charge in [-0.05, 0) is 37.6 Å². The number of H-pyrrole nitrogens is 1. The maximum Gasteiger partial charge on any atom is 0.254 e. The van der Waals surface area contributed by atoms with Gasteiger partial charge in [0.1, 0.15) is 11.4 Å². The molecule has 2 aromatic carbocycles. The number of ether oxygens (including phenoxy) is 1. The topological polar surface area (TPSA) is 76.0 Å². The molecular formula is C27H27N5O2. The maximum absolute atomic E-state index is 13.7. The van der Waals surface area contributed by atoms with Gasteiger partial charge in [-0.2, -0.15) is 10.2 Å². The molecule has 1 saturated heterocycles. The standard InChI is InChI=1S/C27H27N5O2/c1-17-24(18(2)30-29-17)19-8-4-5-9-20(19)26(33)32-14-12-27(13-15-32)22-16-28-31(3)25(22)21-10-6-7-11-23(21)34-27/h4-11,16H,12-15H2,1-3H3,(H,29,30). The highest BCUT2D eigenvalue weighted by Crippen LogP contribution is 2.49. The van der Waals surface area contributed by atoms with E-state index in [4.69, 9.17) is 4.74 Å². The van der Waals surface area contributed by atoms with Gasteiger partial charge in [-0.3, -0.25) is 14.6 Å². The Morgan fingerprint density at radius 3 is 2.47 bits per heavy atom. The largest absolute Gasteiger partial charge is 0.482 e. The first-order valence-electron chi connectivity index (χ1n) is 11.7. The van der Waals surface area contributed by atoms with Crippen molar-refractivity contribution in [3.8, 4) is 28.1 Å². The fraction of sp³-hybridized carbons (Fsp3) is 0.296. The van der Waals surface area contributed by atoms with Crippen LogP contribution in [-0.4, -0.2) is 43.9 Å². The van der Waals surface area contributed by atoms with Gasteiger partial charge in [0, 0.05) is 60.9 Å². The summed E-state index contributed by atoms with van der Waals surface area (Å²) in [6.45, 7) is 5.19. The van der Waals surface area contributed by atoms with Gasteiger partial charge in [-0.1, -0.05) is 30.3 Å². The third-order valence-electron chi connectivity index (χ3n) is 7.29. The lowest BCUT2D eigenvalue weighted by Gasteiger charge is -2.44. The van der Waals surface area contributed by atoms with Crippen LogP contribution < -0.4 is 4.74 Å². The van der Waals surface area contributed by atoms with Crippen molar-refractivity contribution in [1.82, 2.24) is 24.9 Å². The molecule has 0 atom stereocenters. The molecule has 4 heterocycles. The number of benzene rings is 2. The van der Waals surface area contributed by atoms with Crippen molar-refractivity contribution in [2.45, 2.75) is 32.3 Å². The Morgan fingerprint density at radius 1 is 1.03 bits per heavy atom. The van der Waals surface area contributed by atoms with Crippen LogP contribution >= 0.6 is 0 Å². The number of hydrogen-bond acceptors (Lipinski definition) is 4. The van der Waals surface area contributed by atoms with Gasteiger partial charge in [0.05, 0.1) is 17.6 Å². The van der Waals surface area contributed by atoms with Crippen molar-refractivity contribution in [3.05, 3.63) is 77.2 Å². The Labute approximate surface area is 198 Å². The second-order valence-corrected chi connectivity index (χ2v) is 9.27. The molecule has 1 spiro atoms. The summed E-state index contributed by atoms with van der Waals surface area (Å²) in [5.74, 6) is 0.933. The summed E-state index contributed by atoms with van der Waals surface area (Å²) < 4.78 is 8.58. The molecule has 1 N–H and O–H groups in total. The Kier molecular flexibility index (Phi) is 4.62. The number of nitrogens with zero attached hydrogens (tertiary/aromatic N) is 4. The monoisotopic (exact) mass is 453 g/mol. The molecular weight excluding hydrogens is 426 g/mol. The van der Waals surface area contributed by atoms with Gasteiger partial charge in [0.2, 0.25) is 0 Å². The predicted octanol–water partition coefficient (Wildman–Crippen LogP) is 4.62. The van der Waals surface area contributed by atoms with Crippen LogP contribution in [0.2, 0.25) is 0 Å². The van der Waals surface area contributed by atoms with E-state index in [1.807, 2.05) is 79.1 Å². The third kappa shape index (κ3) is 3.00. The number of hydrogen-bond donors (Lipinski definition) is 1. The number of para-hydroxylation sites is 1. The van der Waals surface area contributed by atoms with Gasteiger partial charge in [-0.25, -0.2) is 0 Å². The van der Waals surface area contributed by atoms with E-state index < -0.39 is 5.60 Å². The smallest absolute Gasteiger partial charge is 0.254 e. The Hall–Kier alpha value is -3.87. The molecule has 2 aliphatic heterocycles. The van der Waals surface area contributed by atoms with Crippen LogP contribution in [-0.2, 0) is 12.6 Å². The number of likely N-dealkylation sites (tertiary alicyclic amines) is 1. The third-order valence-corrected chi connectivity index (χ3v) is 7.29. The predicted molar refractivity (Wildman–Crippen MR) is 130 cm³/mol. The Morgan fingerprint density at radius 2 is 1.74 bits per heavy atom. The number of aryl methyl sites for hydroxylation is 3. The molecule has 7 nitrogen and oxygen atoms in total. The SMILES string of the molecule is Cc1n[nH]c(C)c1-c1ccccc1C(=O)N1CCC2(CC1)Oc1ccccc1-c1c2cnn1C. The van der Waals surface area contributed by atoms with E-state index in [2.05, 4.69) is 21.4 Å². The Balaban J connectivity index is 1.30. The molecule has 2 aliphatic rings. The number of amides is 1. The van der Waals surface area contributed by atoms with Crippen LogP contribution in [0, 0.1) is 13.8 Å². The van der Waals surface area contributed by atoms with Crippen LogP contribution in [0.3, 0.4) is 0 Å². The molecule has 6 rings (SSSR count). The molecule has 7 heteroatoms. The number of carbonyl (C=O) groups excluding carboxylic acids is 1. The molecule has 172 valence electrons. The summed E-state index contributed by atoms with van der Waals surface area (Å²) in [5.41, 5.74) is 7.33. The quantitative estimate of drug-likeness (QED) is 0.481. The summed E-state index contributed by atoms with van der Waals surface area (Å²) in [4.78, 5) is 15.6. The molecule has 34 heavy (non-hydrogen) atoms. The molecule has 0 radical (unpaired) electrons. The fourth-order valence-electron chi connectivity index (χ4n) is 5.56. The first-order chi connectivity index (χ1) is 16.5. The zero-order chi connectivity index (χ0) is 23.4. The van der Waals surface area contributed by atoms with E-state index in [1.165, 1.54) is 0 Å². The lowest BCUT2D eigenvalue weighted by atomic mass is 9.80. The summed E-state index contributed by atoms with van der Waals surface area (Å²) >= 11 is 0. The molecule has 1 amide bonds. The average Bonchev–Trinajstić information content (AvgIpc) is 3.41. The lowest BCUT2D eigenvalue weighted by molar-refractivity contribution is -0.00169. The first-order valence-corrected chi connectivity index (χ1v) is 11.7. The number of nitrogens with one attached hydrogen (secondary N) is 1. The van der Waals surface area contributed by atoms with Crippen molar-refractivity contribution < 1.29 is 9.53 Å². The highest BCUT2D eigenvalue weighted by atomic mass is 16.5. The zero-order valence-electron chi connectivity index (χ0n) is 19.6. The van der Waals surface area contributed by atoms with E-state index in [0.717, 1.165) is 57.9 Å². The van der Waals surface area contributed by atoms with E-state index in [1.54, 1.807) is 0 Å². The number of aromatic amines is 1. The molecule has 0 saturated carbocycles. The van der Waals surface area contributed by atoms with Gasteiger partial charge < -0.3 is 9.64 Å². The summed E-state index contributed by atoms with van der Waals surface area (Å²) in [6.07, 6.45) is 3.37. The second kappa shape index (κ2) is 7.58. The van der Waals surface area contributed by atoms with Crippen molar-refractivity contribution in [3.63, 3.8) is 0 Å². The second-order valence-electron chi connectivity index (χ2n) is 9.27. The minimum absolute atomic E-state index is 0.0491. The summed E-state index contributed by atoms with van der Waals surface area (Å²) in [5, 5.41) is 11.9. The van der Waals surface area contributed by atoms with Crippen molar-refractivity contribution in [2.24, 2.45) is 7.05 Å². The highest BCUT2D eigenvalue weighted by molar-refractivity contribution is 6.01. The zero-order valence-corrected chi connectivity index (χ0v) is 19.6. The molecule has 2 aromatic heterocycles. The number of aromatic nitrogens is 4. The van der Waals surface area contributed by atoms with Crippen molar-refractivity contribution in [2.75, 3.05) is 13.1 Å². The van der Waals surface area contributed by atoms with Crippen LogP contribution in [0.1, 0.15) is 40.2 Å². The molecule has 0 aliphatic carbocycles. The van der Waals surface area contributed by atoms with Crippen molar-refractivity contribution in [1.29, 1.82) is 0 Å². The van der Waals surface area contributed by atoms with Crippen LogP contribution in [0.25, 0.3) is 22.4 Å². The fourth-order valence-corrected chi connectivity index (χ4v) is 5.56. The van der Waals surface area contributed by atoms with Crippen LogP contribution in [0.5, 0.6) is 5.75 Å². The number of piperidine rings is 1. The summed E-state index contributed by atoms with van der Waals surface area (Å²) in [6, 6.07) is 16.0. The van der Waals surface area contributed by atoms with E-state index >= 15 is 0 Å². The number of fused-ring (bicyclic) bond motifs is 4. The average molecular weight is 454 g/mol. The Bertz CT molecular complexity index is 1390. The van der Waals surface area contributed by atoms with Gasteiger partial charge in [0.15, 0.2) is 0 Å². The number of carbonyl (C=O) groups is 1. The van der Waals surface area contributed by atoms with Gasteiger partial charge in [0.25, 0.3) is 5.91 Å². The molecule has 4 aromatic rings. The van der Waals surface area contributed by atoms with Crippen LogP contribution in [0.15, 0.2) is 54.7 Å². The highest BCUT2D eigenvalue weighted by Gasteiger charge is 2.46.